The van der Waals surface area contributed by atoms with Gasteiger partial charge >= 0.3 is 0 Å². The predicted molar refractivity (Wildman–Crippen MR) is 103 cm³/mol. The Hall–Kier alpha value is -2.15. The van der Waals surface area contributed by atoms with Gasteiger partial charge in [-0.1, -0.05) is 11.6 Å². The van der Waals surface area contributed by atoms with Crippen LogP contribution in [0.2, 0.25) is 5.02 Å². The largest absolute Gasteiger partial charge is 0.397 e. The number of nitrogens with zero attached hydrogens (tertiary/aromatic N) is 1. The molecule has 0 fully saturated rings. The molecular formula is C18H18ClN4OS+. The zero-order chi connectivity index (χ0) is 17.6. The van der Waals surface area contributed by atoms with Crippen molar-refractivity contribution in [3.8, 4) is 0 Å². The number of nitrogens with two attached hydrogens (primary N) is 1. The lowest BCUT2D eigenvalue weighted by atomic mass is 10.0. The monoisotopic (exact) mass is 373 g/mol. The number of carbonyl (C=O) groups is 1. The van der Waals surface area contributed by atoms with Crippen molar-refractivity contribution in [2.75, 3.05) is 24.6 Å². The second-order valence-corrected chi connectivity index (χ2v) is 7.82. The third kappa shape index (κ3) is 3.08. The van der Waals surface area contributed by atoms with E-state index in [0.29, 0.717) is 21.3 Å². The van der Waals surface area contributed by atoms with E-state index in [0.717, 1.165) is 35.4 Å². The van der Waals surface area contributed by atoms with E-state index >= 15 is 0 Å². The fraction of sp³-hybridized carbons (Fsp3) is 0.222. The molecule has 2 aromatic heterocycles. The number of anilines is 2. The Morgan fingerprint density at radius 2 is 2.12 bits per heavy atom. The van der Waals surface area contributed by atoms with Gasteiger partial charge in [-0.05, 0) is 30.3 Å². The van der Waals surface area contributed by atoms with Crippen LogP contribution < -0.4 is 16.0 Å². The summed E-state index contributed by atoms with van der Waals surface area (Å²) in [5.41, 5.74) is 9.81. The zero-order valence-electron chi connectivity index (χ0n) is 13.7. The molecule has 25 heavy (non-hydrogen) atoms. The summed E-state index contributed by atoms with van der Waals surface area (Å²) < 4.78 is 0. The van der Waals surface area contributed by atoms with Gasteiger partial charge in [0.2, 0.25) is 0 Å². The number of nitrogen functional groups attached to an aromatic ring is 1. The van der Waals surface area contributed by atoms with Crippen molar-refractivity contribution >= 4 is 50.4 Å². The van der Waals surface area contributed by atoms with Gasteiger partial charge in [0.25, 0.3) is 5.91 Å². The molecule has 3 aromatic rings. The molecule has 0 radical (unpaired) electrons. The molecule has 1 unspecified atom stereocenters. The number of benzene rings is 1. The van der Waals surface area contributed by atoms with E-state index in [9.17, 15) is 4.79 Å². The molecule has 3 heterocycles. The molecule has 5 nitrogen and oxygen atoms in total. The van der Waals surface area contributed by atoms with Crippen molar-refractivity contribution in [3.63, 3.8) is 0 Å². The first-order valence-electron chi connectivity index (χ1n) is 8.10. The number of likely N-dealkylation sites (N-methyl/N-ethyl adjacent to an activating group) is 1. The third-order valence-corrected chi connectivity index (χ3v) is 5.84. The Kier molecular flexibility index (Phi) is 4.11. The van der Waals surface area contributed by atoms with Gasteiger partial charge in [-0.15, -0.1) is 11.3 Å². The minimum atomic E-state index is -0.219. The van der Waals surface area contributed by atoms with Crippen LogP contribution in [0.15, 0.2) is 30.3 Å². The number of aromatic nitrogens is 1. The number of rotatable bonds is 2. The molecule has 4 rings (SSSR count). The second kappa shape index (κ2) is 6.29. The van der Waals surface area contributed by atoms with Crippen LogP contribution in [0.3, 0.4) is 0 Å². The molecule has 1 aliphatic heterocycles. The summed E-state index contributed by atoms with van der Waals surface area (Å²) in [7, 11) is 2.18. The van der Waals surface area contributed by atoms with E-state index < -0.39 is 0 Å². The van der Waals surface area contributed by atoms with Gasteiger partial charge in [-0.3, -0.25) is 4.79 Å². The molecule has 1 atom stereocenters. The summed E-state index contributed by atoms with van der Waals surface area (Å²) in [6.45, 7) is 2.02. The number of fused-ring (bicyclic) bond motifs is 2. The number of thiophene rings is 1. The number of halogens is 1. The fourth-order valence-electron chi connectivity index (χ4n) is 3.12. The Morgan fingerprint density at radius 3 is 2.88 bits per heavy atom. The first kappa shape index (κ1) is 16.3. The van der Waals surface area contributed by atoms with Crippen molar-refractivity contribution in [2.24, 2.45) is 0 Å². The van der Waals surface area contributed by atoms with Crippen LogP contribution >= 0.6 is 22.9 Å². The number of carbonyl (C=O) groups excluding carboxylic acids is 1. The van der Waals surface area contributed by atoms with Crippen molar-refractivity contribution in [1.29, 1.82) is 0 Å². The van der Waals surface area contributed by atoms with E-state index in [-0.39, 0.29) is 5.91 Å². The maximum atomic E-state index is 12.6. The highest BCUT2D eigenvalue weighted by molar-refractivity contribution is 7.21. The van der Waals surface area contributed by atoms with E-state index in [1.807, 2.05) is 0 Å². The molecule has 1 aromatic carbocycles. The molecule has 0 aliphatic carbocycles. The number of nitrogens with one attached hydrogen (secondary N) is 2. The molecule has 4 N–H and O–H groups in total. The van der Waals surface area contributed by atoms with Crippen LogP contribution in [0.25, 0.3) is 10.2 Å². The summed E-state index contributed by atoms with van der Waals surface area (Å²) in [5.74, 6) is -0.219. The second-order valence-electron chi connectivity index (χ2n) is 6.39. The van der Waals surface area contributed by atoms with Gasteiger partial charge in [0.05, 0.1) is 25.0 Å². The van der Waals surface area contributed by atoms with E-state index in [1.54, 1.807) is 24.3 Å². The Bertz CT molecular complexity index is 967. The van der Waals surface area contributed by atoms with E-state index in [4.69, 9.17) is 22.3 Å². The van der Waals surface area contributed by atoms with E-state index in [1.165, 1.54) is 21.8 Å². The maximum Gasteiger partial charge on any atom is 0.267 e. The van der Waals surface area contributed by atoms with Crippen LogP contribution in [0.1, 0.15) is 20.9 Å². The maximum absolute atomic E-state index is 12.6. The highest BCUT2D eigenvalue weighted by atomic mass is 35.5. The predicted octanol–water partition coefficient (Wildman–Crippen LogP) is 2.36. The van der Waals surface area contributed by atoms with Gasteiger partial charge in [0.1, 0.15) is 16.3 Å². The van der Waals surface area contributed by atoms with Gasteiger partial charge in [0, 0.05) is 28.1 Å². The van der Waals surface area contributed by atoms with Gasteiger partial charge in [-0.2, -0.15) is 0 Å². The molecule has 0 saturated carbocycles. The van der Waals surface area contributed by atoms with Gasteiger partial charge < -0.3 is 16.0 Å². The Labute approximate surface area is 154 Å². The van der Waals surface area contributed by atoms with Crippen LogP contribution in [0, 0.1) is 0 Å². The SMILES string of the molecule is C[NH+]1CCc2nc3sc(C(=O)Nc4ccc(Cl)cc4)c(N)c3cc2C1. The lowest BCUT2D eigenvalue weighted by Gasteiger charge is -2.21. The molecule has 7 heteroatoms. The van der Waals surface area contributed by atoms with Crippen molar-refractivity contribution in [2.45, 2.75) is 13.0 Å². The average molecular weight is 374 g/mol. The molecule has 0 saturated heterocycles. The Morgan fingerprint density at radius 1 is 1.36 bits per heavy atom. The summed E-state index contributed by atoms with van der Waals surface area (Å²) >= 11 is 7.22. The minimum absolute atomic E-state index is 0.219. The molecule has 0 bridgehead atoms. The topological polar surface area (TPSA) is 72.5 Å². The third-order valence-electron chi connectivity index (χ3n) is 4.48. The van der Waals surface area contributed by atoms with Crippen LogP contribution in [-0.4, -0.2) is 24.5 Å². The smallest absolute Gasteiger partial charge is 0.267 e. The lowest BCUT2D eigenvalue weighted by molar-refractivity contribution is -0.895. The average Bonchev–Trinajstić information content (AvgIpc) is 2.91. The molecular weight excluding hydrogens is 356 g/mol. The molecule has 128 valence electrons. The summed E-state index contributed by atoms with van der Waals surface area (Å²) in [4.78, 5) is 20.2. The van der Waals surface area contributed by atoms with Crippen molar-refractivity contribution in [1.82, 2.24) is 4.98 Å². The van der Waals surface area contributed by atoms with Crippen molar-refractivity contribution < 1.29 is 9.69 Å². The van der Waals surface area contributed by atoms with Crippen LogP contribution in [0.4, 0.5) is 11.4 Å². The first-order valence-corrected chi connectivity index (χ1v) is 9.29. The lowest BCUT2D eigenvalue weighted by Crippen LogP contribution is -3.08. The minimum Gasteiger partial charge on any atom is -0.397 e. The summed E-state index contributed by atoms with van der Waals surface area (Å²) in [5, 5.41) is 4.37. The normalized spacial score (nSPS) is 16.6. The fourth-order valence-corrected chi connectivity index (χ4v) is 4.24. The van der Waals surface area contributed by atoms with Gasteiger partial charge in [0.15, 0.2) is 0 Å². The first-order chi connectivity index (χ1) is 12.0. The quantitative estimate of drug-likeness (QED) is 0.645. The van der Waals surface area contributed by atoms with Crippen LogP contribution in [-0.2, 0) is 13.0 Å². The zero-order valence-corrected chi connectivity index (χ0v) is 15.3. The van der Waals surface area contributed by atoms with Crippen molar-refractivity contribution in [3.05, 3.63) is 51.5 Å². The molecule has 0 spiro atoms. The van der Waals surface area contributed by atoms with Gasteiger partial charge in [-0.25, -0.2) is 4.98 Å². The summed E-state index contributed by atoms with van der Waals surface area (Å²) in [6, 6.07) is 9.10. The molecule has 1 aliphatic rings. The number of quaternary nitrogens is 1. The number of amides is 1. The summed E-state index contributed by atoms with van der Waals surface area (Å²) in [6.07, 6.45) is 0.960. The number of pyridine rings is 1. The van der Waals surface area contributed by atoms with Crippen LogP contribution in [0.5, 0.6) is 0 Å². The van der Waals surface area contributed by atoms with E-state index in [2.05, 4.69) is 18.4 Å². The Balaban J connectivity index is 1.69. The molecule has 1 amide bonds. The number of hydrogen-bond donors (Lipinski definition) is 3. The highest BCUT2D eigenvalue weighted by Gasteiger charge is 2.23. The standard InChI is InChI=1S/C18H17ClN4OS/c1-23-7-6-14-10(9-23)8-13-15(20)16(25-18(13)22-14)17(24)21-12-4-2-11(19)3-5-12/h2-5,8H,6-7,9,20H2,1H3,(H,21,24)/p+1. The highest BCUT2D eigenvalue weighted by Crippen LogP contribution is 2.34. The number of hydrogen-bond acceptors (Lipinski definition) is 4.